The predicted octanol–water partition coefficient (Wildman–Crippen LogP) is 6.49. The maximum Gasteiger partial charge on any atom is 0.410 e. The second-order valence-electron chi connectivity index (χ2n) is 9.40. The van der Waals surface area contributed by atoms with E-state index in [0.717, 1.165) is 21.9 Å². The highest BCUT2D eigenvalue weighted by atomic mass is 31.2. The van der Waals surface area contributed by atoms with Crippen LogP contribution in [0.5, 0.6) is 0 Å². The zero-order valence-corrected chi connectivity index (χ0v) is 22.8. The molecule has 4 rings (SSSR count). The van der Waals surface area contributed by atoms with E-state index < -0.39 is 37.9 Å². The van der Waals surface area contributed by atoms with Gasteiger partial charge in [0.2, 0.25) is 13.7 Å². The Hall–Kier alpha value is -3.97. The molecule has 0 aliphatic rings. The number of hydrogen-bond acceptors (Lipinski definition) is 5. The van der Waals surface area contributed by atoms with Crippen molar-refractivity contribution in [3.8, 4) is 0 Å². The number of alkyl carbamates (subject to hydrolysis) is 1. The number of rotatable bonds is 13. The van der Waals surface area contributed by atoms with Gasteiger partial charge in [0.15, 0.2) is 0 Å². The van der Waals surface area contributed by atoms with E-state index in [-0.39, 0.29) is 25.6 Å². The number of carboxylic acid groups (broad SMARTS) is 1. The van der Waals surface area contributed by atoms with Crippen LogP contribution in [0.3, 0.4) is 0 Å². The van der Waals surface area contributed by atoms with Crippen LogP contribution in [0.25, 0.3) is 10.8 Å². The van der Waals surface area contributed by atoms with Crippen LogP contribution in [0.4, 0.5) is 4.79 Å². The first-order valence-electron chi connectivity index (χ1n) is 13.0. The van der Waals surface area contributed by atoms with Gasteiger partial charge in [-0.15, -0.1) is 0 Å². The zero-order valence-electron chi connectivity index (χ0n) is 21.9. The van der Waals surface area contributed by atoms with Gasteiger partial charge in [0, 0.05) is 18.1 Å². The van der Waals surface area contributed by atoms with Crippen molar-refractivity contribution in [1.29, 1.82) is 0 Å². The fourth-order valence-corrected chi connectivity index (χ4v) is 6.12. The minimum absolute atomic E-state index is 0.141. The van der Waals surface area contributed by atoms with Crippen molar-refractivity contribution in [2.45, 2.75) is 37.9 Å². The molecular weight excluding hydrogens is 529 g/mol. The number of carboxylic acids is 1. The van der Waals surface area contributed by atoms with Crippen molar-refractivity contribution < 1.29 is 33.6 Å². The summed E-state index contributed by atoms with van der Waals surface area (Å²) < 4.78 is 24.9. The lowest BCUT2D eigenvalue weighted by atomic mass is 10.0. The molecule has 0 aromatic heterocycles. The molecule has 8 nitrogen and oxygen atoms in total. The van der Waals surface area contributed by atoms with Crippen LogP contribution >= 0.6 is 7.37 Å². The molecule has 0 aliphatic heterocycles. The maximum absolute atomic E-state index is 13.5. The second-order valence-corrected chi connectivity index (χ2v) is 12.0. The zero-order chi connectivity index (χ0) is 28.4. The quantitative estimate of drug-likeness (QED) is 0.126. The smallest absolute Gasteiger partial charge is 0.410 e. The van der Waals surface area contributed by atoms with E-state index in [9.17, 15) is 24.2 Å². The highest BCUT2D eigenvalue weighted by Gasteiger charge is 2.34. The molecule has 208 valence electrons. The molecule has 3 unspecified atom stereocenters. The molecular formula is C31H32NO7P. The fraction of sp³-hybridized carbons (Fsp3) is 0.226. The van der Waals surface area contributed by atoms with Gasteiger partial charge in [0.1, 0.15) is 5.78 Å². The summed E-state index contributed by atoms with van der Waals surface area (Å²) in [6.45, 7) is 0.166. The van der Waals surface area contributed by atoms with Gasteiger partial charge in [-0.2, -0.15) is 0 Å². The third-order valence-corrected chi connectivity index (χ3v) is 8.74. The summed E-state index contributed by atoms with van der Waals surface area (Å²) in [6, 6.07) is 31.7. The summed E-state index contributed by atoms with van der Waals surface area (Å²) in [6.07, 6.45) is -2.54. The molecule has 0 saturated heterocycles. The summed E-state index contributed by atoms with van der Waals surface area (Å²) in [7, 11) is -4.05. The van der Waals surface area contributed by atoms with Gasteiger partial charge in [-0.25, -0.2) is 4.79 Å². The van der Waals surface area contributed by atoms with E-state index in [1.807, 2.05) is 78.9 Å². The van der Waals surface area contributed by atoms with Crippen LogP contribution in [0.1, 0.15) is 35.8 Å². The minimum Gasteiger partial charge on any atom is -0.481 e. The number of carbonyl (C=O) groups excluding carboxylic acids is 1. The molecule has 4 aromatic rings. The van der Waals surface area contributed by atoms with E-state index in [2.05, 4.69) is 5.32 Å². The first-order chi connectivity index (χ1) is 19.3. The van der Waals surface area contributed by atoms with Gasteiger partial charge < -0.3 is 24.8 Å². The molecule has 3 N–H and O–H groups in total. The van der Waals surface area contributed by atoms with Crippen LogP contribution < -0.4 is 5.32 Å². The molecule has 3 atom stereocenters. The van der Waals surface area contributed by atoms with Gasteiger partial charge in [-0.1, -0.05) is 103 Å². The predicted molar refractivity (Wildman–Crippen MR) is 153 cm³/mol. The molecule has 0 spiro atoms. The Kier molecular flexibility index (Phi) is 10.1. The number of nitrogens with one attached hydrogen (secondary N) is 1. The van der Waals surface area contributed by atoms with Crippen LogP contribution in [0.2, 0.25) is 0 Å². The molecule has 0 saturated carbocycles. The van der Waals surface area contributed by atoms with Gasteiger partial charge in [0.25, 0.3) is 0 Å². The number of amides is 1. The van der Waals surface area contributed by atoms with Crippen LogP contribution in [-0.4, -0.2) is 34.0 Å². The van der Waals surface area contributed by atoms with Gasteiger partial charge in [-0.3, -0.25) is 9.36 Å². The van der Waals surface area contributed by atoms with Crippen LogP contribution in [0.15, 0.2) is 103 Å². The van der Waals surface area contributed by atoms with Crippen molar-refractivity contribution in [1.82, 2.24) is 5.32 Å². The Morgan fingerprint density at radius 1 is 0.850 bits per heavy atom. The van der Waals surface area contributed by atoms with Gasteiger partial charge in [-0.05, 0) is 34.7 Å². The molecule has 0 radical (unpaired) electrons. The highest BCUT2D eigenvalue weighted by Crippen LogP contribution is 2.47. The summed E-state index contributed by atoms with van der Waals surface area (Å²) in [5.41, 5.74) is 2.35. The van der Waals surface area contributed by atoms with E-state index in [1.165, 1.54) is 0 Å². The minimum atomic E-state index is -4.05. The third-order valence-electron chi connectivity index (χ3n) is 6.51. The van der Waals surface area contributed by atoms with E-state index in [1.54, 1.807) is 24.3 Å². The van der Waals surface area contributed by atoms with Gasteiger partial charge in [0.05, 0.1) is 6.61 Å². The number of ether oxygens (including phenoxy) is 2. The highest BCUT2D eigenvalue weighted by molar-refractivity contribution is 7.58. The molecule has 0 fully saturated rings. The van der Waals surface area contributed by atoms with Crippen molar-refractivity contribution in [2.75, 3.05) is 6.16 Å². The molecule has 0 bridgehead atoms. The first-order valence-corrected chi connectivity index (χ1v) is 14.9. The number of hydrogen-bond donors (Lipinski definition) is 3. The lowest BCUT2D eigenvalue weighted by Crippen LogP contribution is -2.37. The fourth-order valence-electron chi connectivity index (χ4n) is 4.40. The Morgan fingerprint density at radius 3 is 2.23 bits per heavy atom. The lowest BCUT2D eigenvalue weighted by molar-refractivity contribution is -0.137. The largest absolute Gasteiger partial charge is 0.481 e. The Balaban J connectivity index is 1.47. The summed E-state index contributed by atoms with van der Waals surface area (Å²) in [5, 5.41) is 13.7. The monoisotopic (exact) mass is 561 g/mol. The molecule has 40 heavy (non-hydrogen) atoms. The molecule has 4 aromatic carbocycles. The van der Waals surface area contributed by atoms with E-state index in [0.29, 0.717) is 5.56 Å². The number of aryl methyl sites for hydroxylation is 1. The van der Waals surface area contributed by atoms with Crippen LogP contribution in [0, 0.1) is 0 Å². The summed E-state index contributed by atoms with van der Waals surface area (Å²) in [4.78, 5) is 35.3. The normalized spacial score (nSPS) is 14.1. The number of aliphatic carboxylic acids is 1. The standard InChI is InChI=1S/C31H32NO7P/c33-29(34)19-18-28(40(36,37)21-20-25-16-9-15-24-12-7-8-17-27(24)25)32-31(35)39-30(26-13-5-2-6-14-26)38-22-23-10-3-1-4-11-23/h1-17,28,30H,18-22H2,(H,32,35)(H,33,34)(H,36,37). The molecule has 0 aliphatic carbocycles. The number of benzene rings is 4. The molecule has 9 heteroatoms. The number of fused-ring (bicyclic) bond motifs is 1. The summed E-state index contributed by atoms with van der Waals surface area (Å²) in [5.74, 6) is -2.45. The second kappa shape index (κ2) is 13.9. The van der Waals surface area contributed by atoms with Crippen molar-refractivity contribution in [2.24, 2.45) is 0 Å². The van der Waals surface area contributed by atoms with Crippen molar-refractivity contribution in [3.05, 3.63) is 120 Å². The van der Waals surface area contributed by atoms with Crippen molar-refractivity contribution in [3.63, 3.8) is 0 Å². The van der Waals surface area contributed by atoms with E-state index >= 15 is 0 Å². The van der Waals surface area contributed by atoms with Gasteiger partial charge >= 0.3 is 12.1 Å². The Labute approximate surface area is 233 Å². The number of carbonyl (C=O) groups is 2. The maximum atomic E-state index is 13.5. The summed E-state index contributed by atoms with van der Waals surface area (Å²) >= 11 is 0. The Morgan fingerprint density at radius 2 is 1.50 bits per heavy atom. The lowest BCUT2D eigenvalue weighted by Gasteiger charge is -2.25. The average Bonchev–Trinajstić information content (AvgIpc) is 2.97. The van der Waals surface area contributed by atoms with E-state index in [4.69, 9.17) is 9.47 Å². The Bertz CT molecular complexity index is 1460. The topological polar surface area (TPSA) is 122 Å². The first kappa shape index (κ1) is 29.0. The van der Waals surface area contributed by atoms with Crippen LogP contribution in [-0.2, 0) is 31.9 Å². The SMILES string of the molecule is O=C(O)CCC(NC(=O)OC(OCc1ccccc1)c1ccccc1)P(=O)(O)CCc1cccc2ccccc12. The third kappa shape index (κ3) is 8.26. The molecule has 0 heterocycles. The molecule has 1 amide bonds. The average molecular weight is 562 g/mol. The van der Waals surface area contributed by atoms with Crippen molar-refractivity contribution >= 4 is 30.2 Å².